The van der Waals surface area contributed by atoms with Crippen molar-refractivity contribution >= 4 is 16.9 Å². The Morgan fingerprint density at radius 3 is 2.91 bits per heavy atom. The largest absolute Gasteiger partial charge is 0.444 e. The van der Waals surface area contributed by atoms with Gasteiger partial charge in [0.25, 0.3) is 0 Å². The summed E-state index contributed by atoms with van der Waals surface area (Å²) < 4.78 is 18.1. The first-order chi connectivity index (χ1) is 10.8. The zero-order valence-electron chi connectivity index (χ0n) is 13.6. The van der Waals surface area contributed by atoms with Crippen LogP contribution in [0.4, 0.5) is 4.79 Å². The van der Waals surface area contributed by atoms with Gasteiger partial charge in [-0.2, -0.15) is 5.26 Å². The summed E-state index contributed by atoms with van der Waals surface area (Å²) >= 11 is 0. The Morgan fingerprint density at radius 1 is 1.52 bits per heavy atom. The normalized spacial score (nSPS) is 19.7. The second-order valence-electron chi connectivity index (χ2n) is 6.46. The average molecular weight is 335 g/mol. The van der Waals surface area contributed by atoms with Gasteiger partial charge in [-0.15, -0.1) is 0 Å². The molecule has 7 heteroatoms. The van der Waals surface area contributed by atoms with Crippen LogP contribution < -0.4 is 0 Å². The standard InChI is InChI=1S/C16H21N3O3S/c1-16(2,3)22-15(20)19-9-5-7-13(11-19)23(21)14-12(10-17)6-4-8-18-14/h4,6,8,13H,5,7,9,11H2,1-3H3/t13-,23+/m0/s1. The van der Waals surface area contributed by atoms with Gasteiger partial charge in [-0.25, -0.2) is 9.78 Å². The maximum absolute atomic E-state index is 12.8. The molecule has 2 atom stereocenters. The molecular formula is C16H21N3O3S. The molecule has 124 valence electrons. The fourth-order valence-corrected chi connectivity index (χ4v) is 3.91. The number of piperidine rings is 1. The highest BCUT2D eigenvalue weighted by Crippen LogP contribution is 2.22. The second-order valence-corrected chi connectivity index (χ2v) is 8.10. The summed E-state index contributed by atoms with van der Waals surface area (Å²) in [4.78, 5) is 17.9. The van der Waals surface area contributed by atoms with Crippen LogP contribution in [0.25, 0.3) is 0 Å². The molecule has 0 spiro atoms. The molecule has 6 nitrogen and oxygen atoms in total. The third kappa shape index (κ3) is 4.52. The smallest absolute Gasteiger partial charge is 0.410 e. The Kier molecular flexibility index (Phi) is 5.37. The number of ether oxygens (including phenoxy) is 1. The number of nitriles is 1. The third-order valence-electron chi connectivity index (χ3n) is 3.41. The number of nitrogens with zero attached hydrogens (tertiary/aromatic N) is 3. The number of carbonyl (C=O) groups is 1. The molecule has 1 fully saturated rings. The quantitative estimate of drug-likeness (QED) is 0.829. The predicted molar refractivity (Wildman–Crippen MR) is 86.2 cm³/mol. The van der Waals surface area contributed by atoms with Crippen LogP contribution >= 0.6 is 0 Å². The molecular weight excluding hydrogens is 314 g/mol. The van der Waals surface area contributed by atoms with Crippen molar-refractivity contribution in [2.75, 3.05) is 13.1 Å². The zero-order valence-corrected chi connectivity index (χ0v) is 14.4. The minimum atomic E-state index is -1.42. The molecule has 1 aliphatic rings. The molecule has 0 saturated carbocycles. The van der Waals surface area contributed by atoms with Crippen molar-refractivity contribution in [3.63, 3.8) is 0 Å². The molecule has 0 aliphatic carbocycles. The summed E-state index contributed by atoms with van der Waals surface area (Å²) in [6.45, 7) is 6.39. The fourth-order valence-electron chi connectivity index (χ4n) is 2.40. The molecule has 1 aromatic heterocycles. The van der Waals surface area contributed by atoms with Gasteiger partial charge in [-0.1, -0.05) is 0 Å². The van der Waals surface area contributed by atoms with E-state index in [9.17, 15) is 9.00 Å². The van der Waals surface area contributed by atoms with Crippen LogP contribution in [0.5, 0.6) is 0 Å². The van der Waals surface area contributed by atoms with Crippen LogP contribution in [-0.4, -0.2) is 44.1 Å². The van der Waals surface area contributed by atoms with Crippen LogP contribution in [-0.2, 0) is 15.5 Å². The highest BCUT2D eigenvalue weighted by molar-refractivity contribution is 7.85. The number of aromatic nitrogens is 1. The van der Waals surface area contributed by atoms with E-state index in [4.69, 9.17) is 10.00 Å². The molecule has 0 unspecified atom stereocenters. The van der Waals surface area contributed by atoms with Crippen molar-refractivity contribution in [1.29, 1.82) is 5.26 Å². The first-order valence-electron chi connectivity index (χ1n) is 7.55. The van der Waals surface area contributed by atoms with Gasteiger partial charge in [-0.3, -0.25) is 4.21 Å². The van der Waals surface area contributed by atoms with E-state index in [1.165, 1.54) is 6.20 Å². The molecule has 1 amide bonds. The van der Waals surface area contributed by atoms with Gasteiger partial charge in [0.05, 0.1) is 21.6 Å². The Labute approximate surface area is 138 Å². The molecule has 0 bridgehead atoms. The summed E-state index contributed by atoms with van der Waals surface area (Å²) in [5.74, 6) is 0. The Balaban J connectivity index is 2.11. The highest BCUT2D eigenvalue weighted by atomic mass is 32.2. The maximum atomic E-state index is 12.8. The number of carbonyl (C=O) groups excluding carboxylic acids is 1. The van der Waals surface area contributed by atoms with Crippen molar-refractivity contribution in [1.82, 2.24) is 9.88 Å². The van der Waals surface area contributed by atoms with Gasteiger partial charge in [0.1, 0.15) is 16.7 Å². The molecule has 0 N–H and O–H groups in total. The van der Waals surface area contributed by atoms with Crippen molar-refractivity contribution < 1.29 is 13.7 Å². The highest BCUT2D eigenvalue weighted by Gasteiger charge is 2.32. The molecule has 1 saturated heterocycles. The van der Waals surface area contributed by atoms with E-state index < -0.39 is 16.4 Å². The van der Waals surface area contributed by atoms with E-state index in [2.05, 4.69) is 4.98 Å². The van der Waals surface area contributed by atoms with Gasteiger partial charge < -0.3 is 9.64 Å². The fraction of sp³-hybridized carbons (Fsp3) is 0.562. The van der Waals surface area contributed by atoms with E-state index >= 15 is 0 Å². The lowest BCUT2D eigenvalue weighted by molar-refractivity contribution is 0.0219. The predicted octanol–water partition coefficient (Wildman–Crippen LogP) is 2.46. The van der Waals surface area contributed by atoms with E-state index in [1.807, 2.05) is 26.8 Å². The summed E-state index contributed by atoms with van der Waals surface area (Å²) in [7, 11) is -1.42. The van der Waals surface area contributed by atoms with Gasteiger partial charge in [0.2, 0.25) is 0 Å². The van der Waals surface area contributed by atoms with Crippen LogP contribution in [0.2, 0.25) is 0 Å². The number of amides is 1. The van der Waals surface area contributed by atoms with Crippen molar-refractivity contribution in [3.05, 3.63) is 23.9 Å². The van der Waals surface area contributed by atoms with Gasteiger partial charge in [-0.05, 0) is 45.7 Å². The Hall–Kier alpha value is -1.94. The van der Waals surface area contributed by atoms with Crippen LogP contribution in [0.15, 0.2) is 23.4 Å². The number of rotatable bonds is 2. The second kappa shape index (κ2) is 7.09. The molecule has 2 heterocycles. The minimum absolute atomic E-state index is 0.238. The molecule has 0 aromatic carbocycles. The lowest BCUT2D eigenvalue weighted by atomic mass is 10.1. The van der Waals surface area contributed by atoms with Gasteiger partial charge >= 0.3 is 6.09 Å². The van der Waals surface area contributed by atoms with Gasteiger partial charge in [0, 0.05) is 19.3 Å². The Morgan fingerprint density at radius 2 is 2.26 bits per heavy atom. The van der Waals surface area contributed by atoms with E-state index in [0.717, 1.165) is 12.8 Å². The lowest BCUT2D eigenvalue weighted by Crippen LogP contribution is -2.46. The number of likely N-dealkylation sites (tertiary alicyclic amines) is 1. The SMILES string of the molecule is CC(C)(C)OC(=O)N1CCC[C@H]([S@@](=O)c2ncccc2C#N)C1. The monoisotopic (exact) mass is 335 g/mol. The molecule has 0 radical (unpaired) electrons. The Bertz CT molecular complexity index is 649. The minimum Gasteiger partial charge on any atom is -0.444 e. The van der Waals surface area contributed by atoms with E-state index in [1.54, 1.807) is 17.0 Å². The summed E-state index contributed by atoms with van der Waals surface area (Å²) in [5.41, 5.74) is -0.238. The van der Waals surface area contributed by atoms with Crippen molar-refractivity contribution in [3.8, 4) is 6.07 Å². The number of hydrogen-bond donors (Lipinski definition) is 0. The maximum Gasteiger partial charge on any atom is 0.410 e. The van der Waals surface area contributed by atoms with E-state index in [-0.39, 0.29) is 11.3 Å². The lowest BCUT2D eigenvalue weighted by Gasteiger charge is -2.33. The number of pyridine rings is 1. The zero-order chi connectivity index (χ0) is 17.0. The van der Waals surface area contributed by atoms with Crippen molar-refractivity contribution in [2.24, 2.45) is 0 Å². The summed E-state index contributed by atoms with van der Waals surface area (Å²) in [6.07, 6.45) is 2.63. The van der Waals surface area contributed by atoms with Crippen LogP contribution in [0.3, 0.4) is 0 Å². The topological polar surface area (TPSA) is 83.3 Å². The number of hydrogen-bond acceptors (Lipinski definition) is 5. The van der Waals surface area contributed by atoms with Gasteiger partial charge in [0.15, 0.2) is 0 Å². The first kappa shape index (κ1) is 17.4. The van der Waals surface area contributed by atoms with Crippen molar-refractivity contribution in [2.45, 2.75) is 49.5 Å². The van der Waals surface area contributed by atoms with Crippen LogP contribution in [0, 0.1) is 11.3 Å². The third-order valence-corrected chi connectivity index (χ3v) is 5.11. The molecule has 1 aromatic rings. The van der Waals surface area contributed by atoms with Crippen LogP contribution in [0.1, 0.15) is 39.2 Å². The first-order valence-corrected chi connectivity index (χ1v) is 8.77. The molecule has 1 aliphatic heterocycles. The summed E-state index contributed by atoms with van der Waals surface area (Å²) in [6, 6.07) is 5.27. The summed E-state index contributed by atoms with van der Waals surface area (Å²) in [5, 5.41) is 9.18. The van der Waals surface area contributed by atoms with E-state index in [0.29, 0.717) is 23.7 Å². The average Bonchev–Trinajstić information content (AvgIpc) is 2.52. The molecule has 23 heavy (non-hydrogen) atoms. The molecule has 2 rings (SSSR count).